The SMILES string of the molecule is CCSc1nn(-c2ccccc2)c(C)c1-c1ccnc(Nc2cccc(F)c2)n1. The lowest BCUT2D eigenvalue weighted by molar-refractivity contribution is 0.628. The number of aromatic nitrogens is 4. The number of hydrogen-bond acceptors (Lipinski definition) is 5. The van der Waals surface area contributed by atoms with E-state index in [9.17, 15) is 4.39 Å². The van der Waals surface area contributed by atoms with Crippen LogP contribution >= 0.6 is 11.8 Å². The molecule has 0 aliphatic heterocycles. The lowest BCUT2D eigenvalue weighted by atomic mass is 10.2. The quantitative estimate of drug-likeness (QED) is 0.421. The first-order valence-corrected chi connectivity index (χ1v) is 10.3. The van der Waals surface area contributed by atoms with Crippen molar-refractivity contribution in [3.63, 3.8) is 0 Å². The number of hydrogen-bond donors (Lipinski definition) is 1. The summed E-state index contributed by atoms with van der Waals surface area (Å²) in [5.74, 6) is 0.998. The molecule has 0 spiro atoms. The van der Waals surface area contributed by atoms with E-state index in [1.165, 1.54) is 12.1 Å². The van der Waals surface area contributed by atoms with Crippen molar-refractivity contribution in [3.8, 4) is 16.9 Å². The molecular weight excluding hydrogens is 385 g/mol. The summed E-state index contributed by atoms with van der Waals surface area (Å²) in [6.45, 7) is 4.14. The van der Waals surface area contributed by atoms with Gasteiger partial charge in [0.25, 0.3) is 0 Å². The summed E-state index contributed by atoms with van der Waals surface area (Å²) in [6, 6.07) is 18.1. The van der Waals surface area contributed by atoms with Crippen LogP contribution in [0, 0.1) is 12.7 Å². The van der Waals surface area contributed by atoms with Gasteiger partial charge < -0.3 is 5.32 Å². The van der Waals surface area contributed by atoms with Gasteiger partial charge in [-0.3, -0.25) is 0 Å². The Morgan fingerprint density at radius 3 is 2.66 bits per heavy atom. The molecule has 2 aromatic carbocycles. The predicted molar refractivity (Wildman–Crippen MR) is 115 cm³/mol. The molecule has 146 valence electrons. The molecule has 5 nitrogen and oxygen atoms in total. The molecule has 7 heteroatoms. The molecule has 1 N–H and O–H groups in total. The van der Waals surface area contributed by atoms with E-state index < -0.39 is 0 Å². The molecule has 4 rings (SSSR count). The van der Waals surface area contributed by atoms with Crippen molar-refractivity contribution >= 4 is 23.4 Å². The largest absolute Gasteiger partial charge is 0.324 e. The van der Waals surface area contributed by atoms with E-state index in [1.54, 1.807) is 30.1 Å². The van der Waals surface area contributed by atoms with Gasteiger partial charge in [-0.1, -0.05) is 31.2 Å². The second-order valence-electron chi connectivity index (χ2n) is 6.35. The zero-order valence-corrected chi connectivity index (χ0v) is 16.9. The van der Waals surface area contributed by atoms with Crippen LogP contribution in [0.2, 0.25) is 0 Å². The zero-order chi connectivity index (χ0) is 20.2. The smallest absolute Gasteiger partial charge is 0.227 e. The number of rotatable bonds is 6. The Hall–Kier alpha value is -3.19. The fraction of sp³-hybridized carbons (Fsp3) is 0.136. The van der Waals surface area contributed by atoms with Gasteiger partial charge in [0.2, 0.25) is 5.95 Å². The molecule has 29 heavy (non-hydrogen) atoms. The monoisotopic (exact) mass is 405 g/mol. The normalized spacial score (nSPS) is 10.9. The first-order chi connectivity index (χ1) is 14.2. The van der Waals surface area contributed by atoms with E-state index in [2.05, 4.69) is 22.2 Å². The first kappa shape index (κ1) is 19.1. The molecule has 0 unspecified atom stereocenters. The molecule has 0 aliphatic rings. The lowest BCUT2D eigenvalue weighted by Crippen LogP contribution is -2.00. The third-order valence-corrected chi connectivity index (χ3v) is 5.21. The highest BCUT2D eigenvalue weighted by Crippen LogP contribution is 2.34. The Labute approximate surface area is 173 Å². The minimum Gasteiger partial charge on any atom is -0.324 e. The summed E-state index contributed by atoms with van der Waals surface area (Å²) in [4.78, 5) is 8.95. The number of anilines is 2. The topological polar surface area (TPSA) is 55.6 Å². The molecule has 0 saturated heterocycles. The van der Waals surface area contributed by atoms with Crippen LogP contribution in [-0.2, 0) is 0 Å². The van der Waals surface area contributed by atoms with Gasteiger partial charge in [-0.15, -0.1) is 11.8 Å². The van der Waals surface area contributed by atoms with Gasteiger partial charge >= 0.3 is 0 Å². The molecule has 0 radical (unpaired) electrons. The number of thioether (sulfide) groups is 1. The van der Waals surface area contributed by atoms with Crippen molar-refractivity contribution in [3.05, 3.63) is 78.4 Å². The van der Waals surface area contributed by atoms with Gasteiger partial charge in [-0.2, -0.15) is 5.10 Å². The first-order valence-electron chi connectivity index (χ1n) is 9.29. The molecule has 2 aromatic heterocycles. The summed E-state index contributed by atoms with van der Waals surface area (Å²) in [5.41, 5.74) is 4.35. The van der Waals surface area contributed by atoms with E-state index >= 15 is 0 Å². The van der Waals surface area contributed by atoms with Crippen molar-refractivity contribution in [1.82, 2.24) is 19.7 Å². The highest BCUT2D eigenvalue weighted by molar-refractivity contribution is 7.99. The van der Waals surface area contributed by atoms with Gasteiger partial charge in [0.05, 0.1) is 22.6 Å². The fourth-order valence-corrected chi connectivity index (χ4v) is 3.89. The maximum Gasteiger partial charge on any atom is 0.227 e. The van der Waals surface area contributed by atoms with Gasteiger partial charge in [0.15, 0.2) is 0 Å². The molecule has 0 aliphatic carbocycles. The third kappa shape index (κ3) is 4.14. The standard InChI is InChI=1S/C22H20FN5S/c1-3-29-21-20(15(2)28(27-21)18-10-5-4-6-11-18)19-12-13-24-22(26-19)25-17-9-7-8-16(23)14-17/h4-14H,3H2,1-2H3,(H,24,25,26). The number of nitrogens with zero attached hydrogens (tertiary/aromatic N) is 4. The molecule has 0 bridgehead atoms. The number of nitrogens with one attached hydrogen (secondary N) is 1. The van der Waals surface area contributed by atoms with Crippen LogP contribution in [0.15, 0.2) is 71.9 Å². The second-order valence-corrected chi connectivity index (χ2v) is 7.60. The summed E-state index contributed by atoms with van der Waals surface area (Å²) >= 11 is 1.68. The number of para-hydroxylation sites is 1. The van der Waals surface area contributed by atoms with Crippen LogP contribution in [-0.4, -0.2) is 25.5 Å². The summed E-state index contributed by atoms with van der Waals surface area (Å²) in [7, 11) is 0. The van der Waals surface area contributed by atoms with Crippen LogP contribution in [0.3, 0.4) is 0 Å². The Bertz CT molecular complexity index is 1130. The zero-order valence-electron chi connectivity index (χ0n) is 16.1. The average molecular weight is 406 g/mol. The van der Waals surface area contributed by atoms with Crippen LogP contribution in [0.25, 0.3) is 16.9 Å². The van der Waals surface area contributed by atoms with Gasteiger partial charge in [-0.25, -0.2) is 19.0 Å². The van der Waals surface area contributed by atoms with Crippen molar-refractivity contribution in [2.24, 2.45) is 0 Å². The van der Waals surface area contributed by atoms with E-state index in [1.807, 2.05) is 48.0 Å². The minimum absolute atomic E-state index is 0.312. The van der Waals surface area contributed by atoms with Crippen LogP contribution < -0.4 is 5.32 Å². The molecule has 4 aromatic rings. The van der Waals surface area contributed by atoms with Crippen molar-refractivity contribution < 1.29 is 4.39 Å². The van der Waals surface area contributed by atoms with Crippen LogP contribution in [0.5, 0.6) is 0 Å². The van der Waals surface area contributed by atoms with Gasteiger partial charge in [0, 0.05) is 11.9 Å². The molecule has 0 atom stereocenters. The average Bonchev–Trinajstić information content (AvgIpc) is 3.05. The van der Waals surface area contributed by atoms with E-state index in [0.29, 0.717) is 11.6 Å². The van der Waals surface area contributed by atoms with Crippen molar-refractivity contribution in [2.75, 3.05) is 11.1 Å². The van der Waals surface area contributed by atoms with E-state index in [4.69, 9.17) is 5.10 Å². The van der Waals surface area contributed by atoms with Crippen LogP contribution in [0.4, 0.5) is 16.0 Å². The minimum atomic E-state index is -0.312. The van der Waals surface area contributed by atoms with Crippen LogP contribution in [0.1, 0.15) is 12.6 Å². The van der Waals surface area contributed by atoms with Crippen molar-refractivity contribution in [1.29, 1.82) is 0 Å². The molecule has 0 amide bonds. The Balaban J connectivity index is 1.75. The summed E-state index contributed by atoms with van der Waals surface area (Å²) < 4.78 is 15.4. The maximum atomic E-state index is 13.5. The Morgan fingerprint density at radius 2 is 1.90 bits per heavy atom. The van der Waals surface area contributed by atoms with Gasteiger partial charge in [0.1, 0.15) is 10.8 Å². The third-order valence-electron chi connectivity index (χ3n) is 4.36. The Kier molecular flexibility index (Phi) is 5.57. The fourth-order valence-electron chi connectivity index (χ4n) is 3.08. The molecular formula is C22H20FN5S. The molecule has 2 heterocycles. The predicted octanol–water partition coefficient (Wildman–Crippen LogP) is 5.63. The maximum absolute atomic E-state index is 13.5. The number of halogens is 1. The lowest BCUT2D eigenvalue weighted by Gasteiger charge is -2.08. The number of benzene rings is 2. The summed E-state index contributed by atoms with van der Waals surface area (Å²) in [5, 5.41) is 8.81. The Morgan fingerprint density at radius 1 is 1.07 bits per heavy atom. The van der Waals surface area contributed by atoms with Crippen molar-refractivity contribution in [2.45, 2.75) is 18.9 Å². The summed E-state index contributed by atoms with van der Waals surface area (Å²) in [6.07, 6.45) is 1.70. The molecule has 0 saturated carbocycles. The molecule has 0 fully saturated rings. The van der Waals surface area contributed by atoms with E-state index in [-0.39, 0.29) is 5.82 Å². The highest BCUT2D eigenvalue weighted by Gasteiger charge is 2.19. The second kappa shape index (κ2) is 8.45. The van der Waals surface area contributed by atoms with E-state index in [0.717, 1.165) is 33.4 Å². The highest BCUT2D eigenvalue weighted by atomic mass is 32.2. The van der Waals surface area contributed by atoms with Gasteiger partial charge in [-0.05, 0) is 49.1 Å².